The molecule has 0 aliphatic carbocycles. The zero-order valence-electron chi connectivity index (χ0n) is 20.1. The van der Waals surface area contributed by atoms with Gasteiger partial charge in [0, 0.05) is 11.1 Å². The maximum Gasteiger partial charge on any atom is 0.318 e. The van der Waals surface area contributed by atoms with E-state index in [1.165, 1.54) is 25.3 Å². The molecule has 1 saturated heterocycles. The van der Waals surface area contributed by atoms with E-state index < -0.39 is 32.4 Å². The number of methoxy groups -OCH3 is 1. The lowest BCUT2D eigenvalue weighted by Gasteiger charge is -2.13. The molecule has 3 aromatic rings. The third-order valence-electron chi connectivity index (χ3n) is 5.33. The fraction of sp³-hybridized carbons (Fsp3) is 0.120. The molecule has 1 aliphatic heterocycles. The first kappa shape index (κ1) is 27.4. The highest BCUT2D eigenvalue weighted by molar-refractivity contribution is 8.18. The van der Waals surface area contributed by atoms with Crippen LogP contribution in [0.5, 0.6) is 23.0 Å². The van der Waals surface area contributed by atoms with Crippen LogP contribution in [0.15, 0.2) is 65.6 Å². The number of hydrogen-bond donors (Lipinski definition) is 0. The molecule has 3 aromatic carbocycles. The van der Waals surface area contributed by atoms with Crippen LogP contribution in [0.4, 0.5) is 16.2 Å². The number of non-ortho nitro benzene ring substituents is 1. The van der Waals surface area contributed by atoms with Gasteiger partial charge in [0.05, 0.1) is 34.5 Å². The molecule has 0 aromatic heterocycles. The standard InChI is InChI=1S/C25H18ClN3O9S/c1-36-22-12-15(2-8-21(22)38-20-9-5-17(28(32)33)14-19(20)29(34)35)13-23-24(30)27(25(31)39-23)10-11-37-18-6-3-16(26)4-7-18/h2-9,12-14H,10-11H2,1H3/b23-13-. The van der Waals surface area contributed by atoms with E-state index in [2.05, 4.69) is 0 Å². The topological polar surface area (TPSA) is 151 Å². The Hall–Kier alpha value is -4.62. The molecule has 0 atom stereocenters. The number of nitro benzene ring substituents is 2. The molecule has 1 aliphatic rings. The summed E-state index contributed by atoms with van der Waals surface area (Å²) in [6.45, 7) is 0.149. The predicted octanol–water partition coefficient (Wildman–Crippen LogP) is 6.07. The van der Waals surface area contributed by atoms with E-state index in [0.717, 1.165) is 34.9 Å². The molecule has 14 heteroatoms. The molecule has 2 amide bonds. The van der Waals surface area contributed by atoms with Crippen LogP contribution in [0.3, 0.4) is 0 Å². The molecule has 39 heavy (non-hydrogen) atoms. The first-order chi connectivity index (χ1) is 18.7. The highest BCUT2D eigenvalue weighted by atomic mass is 35.5. The highest BCUT2D eigenvalue weighted by Gasteiger charge is 2.35. The van der Waals surface area contributed by atoms with Gasteiger partial charge in [-0.2, -0.15) is 0 Å². The second-order valence-corrected chi connectivity index (χ2v) is 9.24. The van der Waals surface area contributed by atoms with Crippen molar-refractivity contribution in [2.24, 2.45) is 0 Å². The fourth-order valence-corrected chi connectivity index (χ4v) is 4.45. The Kier molecular flexibility index (Phi) is 8.32. The van der Waals surface area contributed by atoms with Crippen molar-refractivity contribution in [1.29, 1.82) is 0 Å². The number of hydrogen-bond acceptors (Lipinski definition) is 10. The Balaban J connectivity index is 1.48. The Labute approximate surface area is 230 Å². The number of carbonyl (C=O) groups excluding carboxylic acids is 2. The van der Waals surface area contributed by atoms with E-state index in [1.807, 2.05) is 0 Å². The molecule has 0 spiro atoms. The summed E-state index contributed by atoms with van der Waals surface area (Å²) in [4.78, 5) is 47.3. The van der Waals surface area contributed by atoms with Crippen LogP contribution < -0.4 is 14.2 Å². The second-order valence-electron chi connectivity index (χ2n) is 7.81. The van der Waals surface area contributed by atoms with Crippen molar-refractivity contribution in [2.45, 2.75) is 0 Å². The van der Waals surface area contributed by atoms with Crippen LogP contribution in [0.2, 0.25) is 5.02 Å². The molecule has 1 heterocycles. The molecule has 0 bridgehead atoms. The van der Waals surface area contributed by atoms with Crippen LogP contribution in [-0.4, -0.2) is 46.2 Å². The summed E-state index contributed by atoms with van der Waals surface area (Å²) in [5, 5.41) is 22.5. The van der Waals surface area contributed by atoms with E-state index in [4.69, 9.17) is 25.8 Å². The molecule has 12 nitrogen and oxygen atoms in total. The molecule has 0 saturated carbocycles. The van der Waals surface area contributed by atoms with Crippen molar-refractivity contribution in [3.63, 3.8) is 0 Å². The Morgan fingerprint density at radius 2 is 1.67 bits per heavy atom. The molecule has 0 N–H and O–H groups in total. The molecule has 1 fully saturated rings. The quantitative estimate of drug-likeness (QED) is 0.159. The Bertz CT molecular complexity index is 1490. The van der Waals surface area contributed by atoms with Gasteiger partial charge in [0.2, 0.25) is 5.75 Å². The van der Waals surface area contributed by atoms with Crippen LogP contribution >= 0.6 is 23.4 Å². The highest BCUT2D eigenvalue weighted by Crippen LogP contribution is 2.39. The van der Waals surface area contributed by atoms with Crippen LogP contribution in [-0.2, 0) is 4.79 Å². The van der Waals surface area contributed by atoms with E-state index >= 15 is 0 Å². The lowest BCUT2D eigenvalue weighted by molar-refractivity contribution is -0.394. The number of nitro groups is 2. The summed E-state index contributed by atoms with van der Waals surface area (Å²) in [5.41, 5.74) is -0.550. The zero-order valence-corrected chi connectivity index (χ0v) is 21.6. The number of carbonyl (C=O) groups is 2. The first-order valence-electron chi connectivity index (χ1n) is 11.1. The van der Waals surface area contributed by atoms with E-state index in [1.54, 1.807) is 30.3 Å². The maximum atomic E-state index is 12.8. The molecule has 4 rings (SSSR count). The molecular formula is C25H18ClN3O9S. The maximum absolute atomic E-state index is 12.8. The molecule has 0 radical (unpaired) electrons. The van der Waals surface area contributed by atoms with Gasteiger partial charge in [0.1, 0.15) is 12.4 Å². The number of imide groups is 1. The van der Waals surface area contributed by atoms with Crippen molar-refractivity contribution in [3.05, 3.63) is 96.4 Å². The number of thioether (sulfide) groups is 1. The number of benzene rings is 3. The van der Waals surface area contributed by atoms with E-state index in [0.29, 0.717) is 16.3 Å². The first-order valence-corrected chi connectivity index (χ1v) is 12.3. The lowest BCUT2D eigenvalue weighted by Crippen LogP contribution is -2.32. The van der Waals surface area contributed by atoms with Crippen molar-refractivity contribution in [3.8, 4) is 23.0 Å². The summed E-state index contributed by atoms with van der Waals surface area (Å²) in [6.07, 6.45) is 1.51. The SMILES string of the molecule is COc1cc(/C=C2\SC(=O)N(CCOc3ccc(Cl)cc3)C2=O)ccc1Oc1ccc([N+](=O)[O-])cc1[N+](=O)[O-]. The summed E-state index contributed by atoms with van der Waals surface area (Å²) >= 11 is 6.62. The third kappa shape index (κ3) is 6.45. The minimum atomic E-state index is -0.792. The van der Waals surface area contributed by atoms with Crippen LogP contribution in [0, 0.1) is 20.2 Å². The van der Waals surface area contributed by atoms with E-state index in [-0.39, 0.29) is 35.3 Å². The summed E-state index contributed by atoms with van der Waals surface area (Å²) < 4.78 is 16.5. The fourth-order valence-electron chi connectivity index (χ4n) is 3.45. The molecule has 0 unspecified atom stereocenters. The van der Waals surface area contributed by atoms with Gasteiger partial charge >= 0.3 is 5.69 Å². The minimum absolute atomic E-state index is 0.0503. The van der Waals surface area contributed by atoms with Crippen LogP contribution in [0.1, 0.15) is 5.56 Å². The van der Waals surface area contributed by atoms with Gasteiger partial charge in [-0.3, -0.25) is 34.7 Å². The number of ether oxygens (including phenoxy) is 3. The van der Waals surface area contributed by atoms with E-state index in [9.17, 15) is 29.8 Å². The number of nitrogens with zero attached hydrogens (tertiary/aromatic N) is 3. The van der Waals surface area contributed by atoms with Gasteiger partial charge in [-0.05, 0) is 65.9 Å². The van der Waals surface area contributed by atoms with Gasteiger partial charge in [-0.15, -0.1) is 0 Å². The average Bonchev–Trinajstić information content (AvgIpc) is 3.17. The second kappa shape index (κ2) is 11.8. The normalized spacial score (nSPS) is 14.0. The van der Waals surface area contributed by atoms with Crippen molar-refractivity contribution in [2.75, 3.05) is 20.3 Å². The lowest BCUT2D eigenvalue weighted by atomic mass is 10.1. The van der Waals surface area contributed by atoms with Gasteiger partial charge in [0.15, 0.2) is 11.5 Å². The number of rotatable bonds is 10. The molecular weight excluding hydrogens is 554 g/mol. The third-order valence-corrected chi connectivity index (χ3v) is 6.49. The minimum Gasteiger partial charge on any atom is -0.493 e. The van der Waals surface area contributed by atoms with Crippen molar-refractivity contribution in [1.82, 2.24) is 4.90 Å². The average molecular weight is 572 g/mol. The molecule has 200 valence electrons. The number of amides is 2. The van der Waals surface area contributed by atoms with Gasteiger partial charge in [0.25, 0.3) is 16.8 Å². The summed E-state index contributed by atoms with van der Waals surface area (Å²) in [6, 6.07) is 14.2. The van der Waals surface area contributed by atoms with Gasteiger partial charge in [-0.25, -0.2) is 0 Å². The monoisotopic (exact) mass is 571 g/mol. The number of halogens is 1. The summed E-state index contributed by atoms with van der Waals surface area (Å²) in [7, 11) is 1.35. The summed E-state index contributed by atoms with van der Waals surface area (Å²) in [5.74, 6) is 0.116. The predicted molar refractivity (Wildman–Crippen MR) is 142 cm³/mol. The van der Waals surface area contributed by atoms with Gasteiger partial charge < -0.3 is 14.2 Å². The largest absolute Gasteiger partial charge is 0.493 e. The van der Waals surface area contributed by atoms with Gasteiger partial charge in [-0.1, -0.05) is 17.7 Å². The Morgan fingerprint density at radius 1 is 0.949 bits per heavy atom. The smallest absolute Gasteiger partial charge is 0.318 e. The van der Waals surface area contributed by atoms with Crippen molar-refractivity contribution < 1.29 is 33.6 Å². The van der Waals surface area contributed by atoms with Crippen LogP contribution in [0.25, 0.3) is 6.08 Å². The zero-order chi connectivity index (χ0) is 28.1. The van der Waals surface area contributed by atoms with Crippen molar-refractivity contribution >= 4 is 52.0 Å². The Morgan fingerprint density at radius 3 is 2.33 bits per heavy atom.